The summed E-state index contributed by atoms with van der Waals surface area (Å²) in [5, 5.41) is 0.868. The van der Waals surface area contributed by atoms with Crippen LogP contribution in [0.1, 0.15) is 5.56 Å². The standard InChI is InChI=1S/C18H15FN4OS/c1-10-6-11(19)8-12(7-10)23-9-21-15-14-13(22(2)3)4-5-20-17(14)25-16(15)18(23)24/h4-9H,1-3H3. The van der Waals surface area contributed by atoms with Crippen LogP contribution in [0.2, 0.25) is 0 Å². The highest BCUT2D eigenvalue weighted by molar-refractivity contribution is 7.25. The first-order valence-electron chi connectivity index (χ1n) is 7.69. The second kappa shape index (κ2) is 5.63. The fourth-order valence-electron chi connectivity index (χ4n) is 2.95. The molecule has 4 rings (SSSR count). The maximum absolute atomic E-state index is 13.7. The number of halogens is 1. The van der Waals surface area contributed by atoms with Crippen molar-refractivity contribution in [2.45, 2.75) is 6.92 Å². The summed E-state index contributed by atoms with van der Waals surface area (Å²) in [5.74, 6) is -0.380. The zero-order valence-electron chi connectivity index (χ0n) is 13.9. The van der Waals surface area contributed by atoms with E-state index in [0.29, 0.717) is 15.9 Å². The molecule has 7 heteroatoms. The van der Waals surface area contributed by atoms with E-state index in [4.69, 9.17) is 0 Å². The summed E-state index contributed by atoms with van der Waals surface area (Å²) >= 11 is 1.31. The van der Waals surface area contributed by atoms with Crippen LogP contribution in [-0.2, 0) is 0 Å². The molecule has 0 N–H and O–H groups in total. The van der Waals surface area contributed by atoms with Crippen molar-refractivity contribution >= 4 is 37.5 Å². The first-order valence-corrected chi connectivity index (χ1v) is 8.51. The number of thiophene rings is 1. The Kier molecular flexibility index (Phi) is 3.54. The highest BCUT2D eigenvalue weighted by Crippen LogP contribution is 2.35. The lowest BCUT2D eigenvalue weighted by Gasteiger charge is -2.13. The summed E-state index contributed by atoms with van der Waals surface area (Å²) < 4.78 is 15.6. The quantitative estimate of drug-likeness (QED) is 0.553. The number of nitrogens with zero attached hydrogens (tertiary/aromatic N) is 4. The summed E-state index contributed by atoms with van der Waals surface area (Å²) in [7, 11) is 3.88. The average molecular weight is 354 g/mol. The van der Waals surface area contributed by atoms with Crippen LogP contribution >= 0.6 is 11.3 Å². The van der Waals surface area contributed by atoms with Crippen molar-refractivity contribution in [3.05, 3.63) is 58.5 Å². The maximum Gasteiger partial charge on any atom is 0.275 e. The second-order valence-electron chi connectivity index (χ2n) is 6.09. The first-order chi connectivity index (χ1) is 12.0. The lowest BCUT2D eigenvalue weighted by atomic mass is 10.2. The molecule has 0 amide bonds. The van der Waals surface area contributed by atoms with E-state index in [1.165, 1.54) is 34.4 Å². The third kappa shape index (κ3) is 2.47. The van der Waals surface area contributed by atoms with E-state index in [0.717, 1.165) is 21.5 Å². The number of pyridine rings is 1. The molecule has 0 atom stereocenters. The molecule has 0 bridgehead atoms. The van der Waals surface area contributed by atoms with Crippen LogP contribution in [0.25, 0.3) is 26.1 Å². The van der Waals surface area contributed by atoms with E-state index < -0.39 is 0 Å². The highest BCUT2D eigenvalue weighted by Gasteiger charge is 2.17. The number of anilines is 1. The Balaban J connectivity index is 2.05. The van der Waals surface area contributed by atoms with Crippen molar-refractivity contribution < 1.29 is 4.39 Å². The van der Waals surface area contributed by atoms with Crippen LogP contribution in [0.4, 0.5) is 10.1 Å². The van der Waals surface area contributed by atoms with Gasteiger partial charge < -0.3 is 4.90 Å². The van der Waals surface area contributed by atoms with Crippen LogP contribution in [0.15, 0.2) is 41.6 Å². The molecule has 3 heterocycles. The third-order valence-corrected chi connectivity index (χ3v) is 5.12. The monoisotopic (exact) mass is 354 g/mol. The van der Waals surface area contributed by atoms with Gasteiger partial charge in [0.2, 0.25) is 0 Å². The van der Waals surface area contributed by atoms with Crippen molar-refractivity contribution in [2.24, 2.45) is 0 Å². The number of rotatable bonds is 2. The van der Waals surface area contributed by atoms with E-state index in [-0.39, 0.29) is 11.4 Å². The molecule has 0 fully saturated rings. The molecule has 0 spiro atoms. The predicted octanol–water partition coefficient (Wildman–Crippen LogP) is 3.51. The van der Waals surface area contributed by atoms with Crippen LogP contribution in [-0.4, -0.2) is 28.6 Å². The molecule has 4 aromatic rings. The molecule has 0 radical (unpaired) electrons. The molecule has 3 aromatic heterocycles. The zero-order valence-corrected chi connectivity index (χ0v) is 14.8. The van der Waals surface area contributed by atoms with Crippen LogP contribution < -0.4 is 10.5 Å². The highest BCUT2D eigenvalue weighted by atomic mass is 32.1. The van der Waals surface area contributed by atoms with Crippen LogP contribution in [0, 0.1) is 12.7 Å². The van der Waals surface area contributed by atoms with Gasteiger partial charge in [0.15, 0.2) is 0 Å². The average Bonchev–Trinajstić information content (AvgIpc) is 2.93. The Morgan fingerprint density at radius 1 is 1.20 bits per heavy atom. The molecule has 25 heavy (non-hydrogen) atoms. The number of fused-ring (bicyclic) bond motifs is 3. The van der Waals surface area contributed by atoms with Gasteiger partial charge in [-0.1, -0.05) is 0 Å². The van der Waals surface area contributed by atoms with Crippen molar-refractivity contribution in [1.82, 2.24) is 14.5 Å². The van der Waals surface area contributed by atoms with Gasteiger partial charge in [0.25, 0.3) is 5.56 Å². The van der Waals surface area contributed by atoms with E-state index in [9.17, 15) is 9.18 Å². The number of aromatic nitrogens is 3. The number of benzene rings is 1. The third-order valence-electron chi connectivity index (χ3n) is 4.05. The first kappa shape index (κ1) is 15.7. The lowest BCUT2D eigenvalue weighted by Crippen LogP contribution is -2.18. The van der Waals surface area contributed by atoms with Gasteiger partial charge in [0.05, 0.1) is 22.3 Å². The van der Waals surface area contributed by atoms with Gasteiger partial charge in [-0.15, -0.1) is 11.3 Å². The van der Waals surface area contributed by atoms with E-state index in [1.807, 2.05) is 25.1 Å². The van der Waals surface area contributed by atoms with Crippen molar-refractivity contribution in [2.75, 3.05) is 19.0 Å². The van der Waals surface area contributed by atoms with Crippen LogP contribution in [0.5, 0.6) is 0 Å². The minimum absolute atomic E-state index is 0.220. The van der Waals surface area contributed by atoms with Gasteiger partial charge in [-0.05, 0) is 36.8 Å². The van der Waals surface area contributed by atoms with E-state index in [1.54, 1.807) is 19.2 Å². The molecule has 5 nitrogen and oxygen atoms in total. The summed E-state index contributed by atoms with van der Waals surface area (Å²) in [4.78, 5) is 24.6. The molecule has 0 unspecified atom stereocenters. The topological polar surface area (TPSA) is 51.0 Å². The molecule has 0 saturated heterocycles. The lowest BCUT2D eigenvalue weighted by molar-refractivity contribution is 0.625. The summed E-state index contributed by atoms with van der Waals surface area (Å²) in [5.41, 5.74) is 2.58. The molecular weight excluding hydrogens is 339 g/mol. The van der Waals surface area contributed by atoms with Crippen LogP contribution in [0.3, 0.4) is 0 Å². The van der Waals surface area contributed by atoms with Crippen molar-refractivity contribution in [1.29, 1.82) is 0 Å². The summed E-state index contributed by atoms with van der Waals surface area (Å²) in [6.45, 7) is 1.79. The Morgan fingerprint density at radius 3 is 2.72 bits per heavy atom. The number of aryl methyl sites for hydroxylation is 1. The minimum atomic E-state index is -0.380. The fourth-order valence-corrected chi connectivity index (χ4v) is 4.00. The molecule has 0 aliphatic carbocycles. The largest absolute Gasteiger partial charge is 0.377 e. The second-order valence-corrected chi connectivity index (χ2v) is 7.09. The molecule has 1 aromatic carbocycles. The summed E-state index contributed by atoms with van der Waals surface area (Å²) in [6, 6.07) is 6.42. The van der Waals surface area contributed by atoms with Gasteiger partial charge in [-0.2, -0.15) is 0 Å². The molecule has 0 saturated carbocycles. The molecule has 126 valence electrons. The van der Waals surface area contributed by atoms with Gasteiger partial charge in [-0.3, -0.25) is 9.36 Å². The van der Waals surface area contributed by atoms with E-state index in [2.05, 4.69) is 9.97 Å². The number of hydrogen-bond donors (Lipinski definition) is 0. The fraction of sp³-hybridized carbons (Fsp3) is 0.167. The normalized spacial score (nSPS) is 11.4. The Morgan fingerprint density at radius 2 is 2.00 bits per heavy atom. The Bertz CT molecular complexity index is 1160. The van der Waals surface area contributed by atoms with Gasteiger partial charge >= 0.3 is 0 Å². The predicted molar refractivity (Wildman–Crippen MR) is 99.5 cm³/mol. The van der Waals surface area contributed by atoms with Gasteiger partial charge in [-0.25, -0.2) is 14.4 Å². The van der Waals surface area contributed by atoms with Gasteiger partial charge in [0.1, 0.15) is 21.7 Å². The molecular formula is C18H15FN4OS. The SMILES string of the molecule is Cc1cc(F)cc(-n2cnc3c(sc4nccc(N(C)C)c43)c2=O)c1. The Labute approximate surface area is 147 Å². The zero-order chi connectivity index (χ0) is 17.7. The van der Waals surface area contributed by atoms with Gasteiger partial charge in [0, 0.05) is 20.3 Å². The molecule has 0 aliphatic rings. The Hall–Kier alpha value is -2.80. The van der Waals surface area contributed by atoms with Crippen molar-refractivity contribution in [3.8, 4) is 5.69 Å². The maximum atomic E-state index is 13.7. The van der Waals surface area contributed by atoms with E-state index >= 15 is 0 Å². The minimum Gasteiger partial charge on any atom is -0.377 e. The summed E-state index contributed by atoms with van der Waals surface area (Å²) in [6.07, 6.45) is 3.18. The molecule has 0 aliphatic heterocycles. The number of hydrogen-bond acceptors (Lipinski definition) is 5. The van der Waals surface area contributed by atoms with Crippen molar-refractivity contribution in [3.63, 3.8) is 0 Å². The smallest absolute Gasteiger partial charge is 0.275 e.